The summed E-state index contributed by atoms with van der Waals surface area (Å²) in [4.78, 5) is 15.8. The summed E-state index contributed by atoms with van der Waals surface area (Å²) in [6, 6.07) is 7.98. The molecule has 18 heavy (non-hydrogen) atoms. The summed E-state index contributed by atoms with van der Waals surface area (Å²) >= 11 is 0. The fourth-order valence-electron chi connectivity index (χ4n) is 2.07. The molecule has 2 rings (SSSR count). The second kappa shape index (κ2) is 5.64. The van der Waals surface area contributed by atoms with Crippen LogP contribution in [0.3, 0.4) is 0 Å². The second-order valence-corrected chi connectivity index (χ2v) is 4.24. The van der Waals surface area contributed by atoms with E-state index in [1.807, 2.05) is 24.3 Å². The van der Waals surface area contributed by atoms with Gasteiger partial charge in [0.1, 0.15) is 5.82 Å². The average Bonchev–Trinajstić information content (AvgIpc) is 2.74. The molecule has 5 heteroatoms. The Kier molecular flexibility index (Phi) is 3.94. The summed E-state index contributed by atoms with van der Waals surface area (Å²) in [6.07, 6.45) is 2.32. The monoisotopic (exact) mass is 246 g/mol. The molecule has 0 saturated heterocycles. The molecule has 3 N–H and O–H groups in total. The van der Waals surface area contributed by atoms with E-state index >= 15 is 0 Å². The zero-order valence-corrected chi connectivity index (χ0v) is 10.5. The number of nitrogens with two attached hydrogens (primary N) is 1. The molecule has 0 atom stereocenters. The number of hydrogen-bond donors (Lipinski definition) is 2. The Morgan fingerprint density at radius 1 is 1.44 bits per heavy atom. The van der Waals surface area contributed by atoms with Crippen molar-refractivity contribution in [3.05, 3.63) is 30.1 Å². The number of carbonyl (C=O) groups is 1. The second-order valence-electron chi connectivity index (χ2n) is 4.24. The van der Waals surface area contributed by atoms with Crippen molar-refractivity contribution in [3.8, 4) is 0 Å². The van der Waals surface area contributed by atoms with Gasteiger partial charge < -0.3 is 4.57 Å². The molecule has 0 saturated carbocycles. The first-order chi connectivity index (χ1) is 8.76. The zero-order chi connectivity index (χ0) is 13.0. The number of nitrogens with one attached hydrogen (secondary N) is 1. The summed E-state index contributed by atoms with van der Waals surface area (Å²) in [7, 11) is 0. The maximum atomic E-state index is 11.2. The van der Waals surface area contributed by atoms with E-state index in [9.17, 15) is 4.79 Å². The minimum atomic E-state index is -0.157. The third-order valence-corrected chi connectivity index (χ3v) is 2.93. The maximum Gasteiger partial charge on any atom is 0.235 e. The highest BCUT2D eigenvalue weighted by atomic mass is 16.2. The summed E-state index contributed by atoms with van der Waals surface area (Å²) in [5.41, 5.74) is 4.21. The number of nitrogens with zero attached hydrogens (tertiary/aromatic N) is 2. The molecule has 5 nitrogen and oxygen atoms in total. The van der Waals surface area contributed by atoms with Crippen LogP contribution in [0.2, 0.25) is 0 Å². The number of imidazole rings is 1. The number of benzene rings is 1. The standard InChI is InChI=1S/C13H18N4O/c1-2-5-12-15-10-6-3-4-7-11(10)17(12)9-8-13(18)16-14/h3-4,6-7H,2,5,8-9,14H2,1H3,(H,16,18). The van der Waals surface area contributed by atoms with Crippen LogP contribution in [-0.2, 0) is 17.8 Å². The van der Waals surface area contributed by atoms with Crippen molar-refractivity contribution >= 4 is 16.9 Å². The van der Waals surface area contributed by atoms with Gasteiger partial charge in [-0.05, 0) is 18.6 Å². The van der Waals surface area contributed by atoms with Gasteiger partial charge in [0.05, 0.1) is 11.0 Å². The molecule has 1 aromatic carbocycles. The lowest BCUT2D eigenvalue weighted by molar-refractivity contribution is -0.121. The fourth-order valence-corrected chi connectivity index (χ4v) is 2.07. The number of para-hydroxylation sites is 2. The number of amides is 1. The number of rotatable bonds is 5. The fraction of sp³-hybridized carbons (Fsp3) is 0.385. The van der Waals surface area contributed by atoms with Gasteiger partial charge in [-0.3, -0.25) is 10.2 Å². The van der Waals surface area contributed by atoms with Crippen molar-refractivity contribution in [1.29, 1.82) is 0 Å². The first-order valence-electron chi connectivity index (χ1n) is 6.20. The normalized spacial score (nSPS) is 10.8. The van der Waals surface area contributed by atoms with Gasteiger partial charge in [0.2, 0.25) is 5.91 Å². The van der Waals surface area contributed by atoms with E-state index in [0.717, 1.165) is 29.7 Å². The van der Waals surface area contributed by atoms with Crippen molar-refractivity contribution in [2.75, 3.05) is 0 Å². The van der Waals surface area contributed by atoms with Gasteiger partial charge in [0.25, 0.3) is 0 Å². The highest BCUT2D eigenvalue weighted by Gasteiger charge is 2.10. The van der Waals surface area contributed by atoms with Crippen LogP contribution in [0.5, 0.6) is 0 Å². The largest absolute Gasteiger partial charge is 0.327 e. The van der Waals surface area contributed by atoms with Crippen molar-refractivity contribution in [3.63, 3.8) is 0 Å². The Morgan fingerprint density at radius 3 is 2.94 bits per heavy atom. The molecule has 0 aliphatic heterocycles. The van der Waals surface area contributed by atoms with E-state index in [2.05, 4.69) is 21.9 Å². The molecule has 0 aliphatic carbocycles. The predicted molar refractivity (Wildman–Crippen MR) is 70.7 cm³/mol. The van der Waals surface area contributed by atoms with Crippen LogP contribution < -0.4 is 11.3 Å². The molecule has 1 amide bonds. The molecule has 96 valence electrons. The van der Waals surface area contributed by atoms with Crippen LogP contribution in [0.15, 0.2) is 24.3 Å². The van der Waals surface area contributed by atoms with Crippen molar-refractivity contribution in [2.24, 2.45) is 5.84 Å². The SMILES string of the molecule is CCCc1nc2ccccc2n1CCC(=O)NN. The Hall–Kier alpha value is -1.88. The Balaban J connectivity index is 2.32. The smallest absolute Gasteiger partial charge is 0.235 e. The molecular formula is C13H18N4O. The van der Waals surface area contributed by atoms with Gasteiger partial charge in [-0.25, -0.2) is 10.8 Å². The lowest BCUT2D eigenvalue weighted by Crippen LogP contribution is -2.30. The molecule has 0 aliphatic rings. The molecule has 0 fully saturated rings. The van der Waals surface area contributed by atoms with E-state index < -0.39 is 0 Å². The molecule has 0 spiro atoms. The summed E-state index contributed by atoms with van der Waals surface area (Å²) in [5.74, 6) is 5.97. The minimum Gasteiger partial charge on any atom is -0.327 e. The van der Waals surface area contributed by atoms with E-state index in [-0.39, 0.29) is 5.91 Å². The van der Waals surface area contributed by atoms with Crippen LogP contribution >= 0.6 is 0 Å². The number of hydrazine groups is 1. The van der Waals surface area contributed by atoms with E-state index in [0.29, 0.717) is 13.0 Å². The highest BCUT2D eigenvalue weighted by molar-refractivity contribution is 5.77. The maximum absolute atomic E-state index is 11.2. The molecule has 0 radical (unpaired) electrons. The Labute approximate surface area is 106 Å². The number of aromatic nitrogens is 2. The van der Waals surface area contributed by atoms with E-state index in [4.69, 9.17) is 5.84 Å². The van der Waals surface area contributed by atoms with Gasteiger partial charge in [-0.1, -0.05) is 19.1 Å². The van der Waals surface area contributed by atoms with Crippen LogP contribution in [0.1, 0.15) is 25.6 Å². The third kappa shape index (κ3) is 2.51. The molecule has 0 bridgehead atoms. The van der Waals surface area contributed by atoms with Gasteiger partial charge in [-0.15, -0.1) is 0 Å². The number of carbonyl (C=O) groups excluding carboxylic acids is 1. The summed E-state index contributed by atoms with van der Waals surface area (Å²) in [5, 5.41) is 0. The van der Waals surface area contributed by atoms with E-state index in [1.165, 1.54) is 0 Å². The number of fused-ring (bicyclic) bond motifs is 1. The molecular weight excluding hydrogens is 228 g/mol. The van der Waals surface area contributed by atoms with Gasteiger partial charge in [0, 0.05) is 19.4 Å². The predicted octanol–water partition coefficient (Wildman–Crippen LogP) is 1.37. The third-order valence-electron chi connectivity index (χ3n) is 2.93. The minimum absolute atomic E-state index is 0.157. The quantitative estimate of drug-likeness (QED) is 0.475. The first-order valence-corrected chi connectivity index (χ1v) is 6.20. The van der Waals surface area contributed by atoms with Gasteiger partial charge in [-0.2, -0.15) is 0 Å². The van der Waals surface area contributed by atoms with Crippen LogP contribution in [0.25, 0.3) is 11.0 Å². The molecule has 0 unspecified atom stereocenters. The lowest BCUT2D eigenvalue weighted by atomic mass is 10.3. The molecule has 2 aromatic rings. The Bertz CT molecular complexity index is 547. The average molecular weight is 246 g/mol. The number of hydrogen-bond acceptors (Lipinski definition) is 3. The van der Waals surface area contributed by atoms with Crippen molar-refractivity contribution < 1.29 is 4.79 Å². The van der Waals surface area contributed by atoms with Crippen LogP contribution in [-0.4, -0.2) is 15.5 Å². The van der Waals surface area contributed by atoms with Crippen molar-refractivity contribution in [1.82, 2.24) is 15.0 Å². The topological polar surface area (TPSA) is 72.9 Å². The highest BCUT2D eigenvalue weighted by Crippen LogP contribution is 2.17. The van der Waals surface area contributed by atoms with Gasteiger partial charge in [0.15, 0.2) is 0 Å². The van der Waals surface area contributed by atoms with Crippen LogP contribution in [0.4, 0.5) is 0 Å². The van der Waals surface area contributed by atoms with Gasteiger partial charge >= 0.3 is 0 Å². The summed E-state index contributed by atoms with van der Waals surface area (Å²) in [6.45, 7) is 2.73. The van der Waals surface area contributed by atoms with Crippen LogP contribution in [0, 0.1) is 0 Å². The molecule has 1 aromatic heterocycles. The molecule has 1 heterocycles. The summed E-state index contributed by atoms with van der Waals surface area (Å²) < 4.78 is 2.11. The van der Waals surface area contributed by atoms with E-state index in [1.54, 1.807) is 0 Å². The lowest BCUT2D eigenvalue weighted by Gasteiger charge is -2.07. The zero-order valence-electron chi connectivity index (χ0n) is 10.5. The Morgan fingerprint density at radius 2 is 2.22 bits per heavy atom. The number of aryl methyl sites for hydroxylation is 2. The first kappa shape index (κ1) is 12.6. The van der Waals surface area contributed by atoms with Crippen molar-refractivity contribution in [2.45, 2.75) is 32.7 Å².